The van der Waals surface area contributed by atoms with Gasteiger partial charge in [0.15, 0.2) is 0 Å². The van der Waals surface area contributed by atoms with Gasteiger partial charge in [-0.15, -0.1) is 0 Å². The average Bonchev–Trinajstić information content (AvgIpc) is 2.67. The van der Waals surface area contributed by atoms with Gasteiger partial charge < -0.3 is 19.9 Å². The van der Waals surface area contributed by atoms with Gasteiger partial charge in [-0.2, -0.15) is 0 Å². The maximum Gasteiger partial charge on any atom is 0.317 e. The van der Waals surface area contributed by atoms with Crippen molar-refractivity contribution in [2.45, 2.75) is 6.54 Å². The van der Waals surface area contributed by atoms with Crippen LogP contribution < -0.4 is 15.0 Å². The molecule has 3 rings (SSSR count). The predicted molar refractivity (Wildman–Crippen MR) is 100 cm³/mol. The summed E-state index contributed by atoms with van der Waals surface area (Å²) < 4.78 is 5.31. The first-order chi connectivity index (χ1) is 12.2. The second-order valence-corrected chi connectivity index (χ2v) is 6.36. The number of piperazine rings is 1. The van der Waals surface area contributed by atoms with E-state index in [-0.39, 0.29) is 6.03 Å². The Labute approximate surface area is 153 Å². The summed E-state index contributed by atoms with van der Waals surface area (Å²) in [4.78, 5) is 16.5. The summed E-state index contributed by atoms with van der Waals surface area (Å²) in [5, 5.41) is 3.71. The summed E-state index contributed by atoms with van der Waals surface area (Å²) in [5.74, 6) is 0.787. The van der Waals surface area contributed by atoms with Crippen molar-refractivity contribution in [1.82, 2.24) is 10.2 Å². The Kier molecular flexibility index (Phi) is 5.66. The minimum atomic E-state index is -0.0401. The van der Waals surface area contributed by atoms with E-state index in [0.29, 0.717) is 19.6 Å². The van der Waals surface area contributed by atoms with Crippen molar-refractivity contribution in [3.8, 4) is 5.75 Å². The fraction of sp³-hybridized carbons (Fsp3) is 0.316. The van der Waals surface area contributed by atoms with Gasteiger partial charge in [-0.1, -0.05) is 29.8 Å². The van der Waals surface area contributed by atoms with E-state index < -0.39 is 0 Å². The number of ether oxygens (including phenoxy) is 1. The van der Waals surface area contributed by atoms with E-state index in [1.54, 1.807) is 7.11 Å². The lowest BCUT2D eigenvalue weighted by Crippen LogP contribution is -2.51. The second-order valence-electron chi connectivity index (χ2n) is 5.92. The first-order valence-corrected chi connectivity index (χ1v) is 8.70. The Morgan fingerprint density at radius 2 is 1.76 bits per heavy atom. The van der Waals surface area contributed by atoms with Gasteiger partial charge in [0.05, 0.1) is 7.11 Å². The maximum atomic E-state index is 12.4. The Morgan fingerprint density at radius 3 is 2.44 bits per heavy atom. The number of halogens is 1. The summed E-state index contributed by atoms with van der Waals surface area (Å²) in [5.41, 5.74) is 2.11. The van der Waals surface area contributed by atoms with Crippen LogP contribution in [-0.2, 0) is 6.54 Å². The molecule has 5 nitrogen and oxygen atoms in total. The van der Waals surface area contributed by atoms with Crippen LogP contribution in [0.2, 0.25) is 5.02 Å². The molecule has 0 radical (unpaired) electrons. The molecule has 0 aromatic heterocycles. The smallest absolute Gasteiger partial charge is 0.317 e. The molecule has 1 fully saturated rings. The summed E-state index contributed by atoms with van der Waals surface area (Å²) in [7, 11) is 1.64. The lowest BCUT2D eigenvalue weighted by molar-refractivity contribution is 0.194. The van der Waals surface area contributed by atoms with Crippen LogP contribution in [-0.4, -0.2) is 44.2 Å². The van der Waals surface area contributed by atoms with Crippen molar-refractivity contribution < 1.29 is 9.53 Å². The molecule has 0 spiro atoms. The van der Waals surface area contributed by atoms with Gasteiger partial charge in [0.1, 0.15) is 5.75 Å². The highest BCUT2D eigenvalue weighted by Gasteiger charge is 2.21. The molecule has 25 heavy (non-hydrogen) atoms. The number of hydrogen-bond donors (Lipinski definition) is 1. The second kappa shape index (κ2) is 8.12. The summed E-state index contributed by atoms with van der Waals surface area (Å²) in [6.07, 6.45) is 0. The first-order valence-electron chi connectivity index (χ1n) is 8.32. The molecular weight excluding hydrogens is 338 g/mol. The van der Waals surface area contributed by atoms with Crippen molar-refractivity contribution in [3.63, 3.8) is 0 Å². The molecule has 1 heterocycles. The molecule has 0 atom stereocenters. The van der Waals surface area contributed by atoms with Gasteiger partial charge in [-0.05, 0) is 30.3 Å². The largest absolute Gasteiger partial charge is 0.496 e. The molecule has 2 amide bonds. The number of carbonyl (C=O) groups excluding carboxylic acids is 1. The monoisotopic (exact) mass is 359 g/mol. The quantitative estimate of drug-likeness (QED) is 0.910. The SMILES string of the molecule is COc1ccccc1CNC(=O)N1CCN(c2ccc(Cl)cc2)CC1. The van der Waals surface area contributed by atoms with Crippen LogP contribution in [0.3, 0.4) is 0 Å². The normalized spacial score (nSPS) is 14.3. The van der Waals surface area contributed by atoms with Crippen LogP contribution in [0.5, 0.6) is 5.75 Å². The number of urea groups is 1. The lowest BCUT2D eigenvalue weighted by Gasteiger charge is -2.36. The van der Waals surface area contributed by atoms with Crippen LogP contribution in [0.15, 0.2) is 48.5 Å². The molecule has 2 aromatic carbocycles. The van der Waals surface area contributed by atoms with Crippen molar-refractivity contribution >= 4 is 23.3 Å². The molecule has 1 N–H and O–H groups in total. The van der Waals surface area contributed by atoms with Crippen LogP contribution >= 0.6 is 11.6 Å². The first kappa shape index (κ1) is 17.4. The van der Waals surface area contributed by atoms with Crippen LogP contribution in [0.25, 0.3) is 0 Å². The van der Waals surface area contributed by atoms with Gasteiger partial charge >= 0.3 is 6.03 Å². The third-order valence-electron chi connectivity index (χ3n) is 4.38. The highest BCUT2D eigenvalue weighted by molar-refractivity contribution is 6.30. The zero-order chi connectivity index (χ0) is 17.6. The van der Waals surface area contributed by atoms with E-state index >= 15 is 0 Å². The Balaban J connectivity index is 1.50. The molecule has 0 saturated carbocycles. The van der Waals surface area contributed by atoms with Gasteiger partial charge in [-0.3, -0.25) is 0 Å². The minimum absolute atomic E-state index is 0.0401. The maximum absolute atomic E-state index is 12.4. The fourth-order valence-corrected chi connectivity index (χ4v) is 3.08. The number of methoxy groups -OCH3 is 1. The van der Waals surface area contributed by atoms with Gasteiger partial charge in [0, 0.05) is 49.0 Å². The standard InChI is InChI=1S/C19H22ClN3O2/c1-25-18-5-3-2-4-15(18)14-21-19(24)23-12-10-22(11-13-23)17-8-6-16(20)7-9-17/h2-9H,10-14H2,1H3,(H,21,24). The number of para-hydroxylation sites is 1. The fourth-order valence-electron chi connectivity index (χ4n) is 2.95. The topological polar surface area (TPSA) is 44.8 Å². The highest BCUT2D eigenvalue weighted by atomic mass is 35.5. The third-order valence-corrected chi connectivity index (χ3v) is 4.63. The Morgan fingerprint density at radius 1 is 1.08 bits per heavy atom. The third kappa shape index (κ3) is 4.37. The van der Waals surface area contributed by atoms with Crippen LogP contribution in [0, 0.1) is 0 Å². The Hall–Kier alpha value is -2.40. The number of rotatable bonds is 4. The molecule has 1 aliphatic rings. The minimum Gasteiger partial charge on any atom is -0.496 e. The van der Waals surface area contributed by atoms with Crippen LogP contribution in [0.4, 0.5) is 10.5 Å². The van der Waals surface area contributed by atoms with Crippen molar-refractivity contribution in [2.24, 2.45) is 0 Å². The van der Waals surface area contributed by atoms with Crippen molar-refractivity contribution in [3.05, 3.63) is 59.1 Å². The number of carbonyl (C=O) groups is 1. The number of nitrogens with one attached hydrogen (secondary N) is 1. The number of anilines is 1. The molecular formula is C19H22ClN3O2. The van der Waals surface area contributed by atoms with E-state index in [0.717, 1.165) is 35.1 Å². The molecule has 6 heteroatoms. The zero-order valence-electron chi connectivity index (χ0n) is 14.2. The van der Waals surface area contributed by atoms with Gasteiger partial charge in [0.25, 0.3) is 0 Å². The van der Waals surface area contributed by atoms with E-state index in [2.05, 4.69) is 10.2 Å². The van der Waals surface area contributed by atoms with Crippen LogP contribution in [0.1, 0.15) is 5.56 Å². The predicted octanol–water partition coefficient (Wildman–Crippen LogP) is 3.38. The zero-order valence-corrected chi connectivity index (χ0v) is 15.0. The summed E-state index contributed by atoms with van der Waals surface area (Å²) >= 11 is 5.93. The molecule has 132 valence electrons. The molecule has 1 saturated heterocycles. The number of hydrogen-bond acceptors (Lipinski definition) is 3. The number of benzene rings is 2. The van der Waals surface area contributed by atoms with E-state index in [1.807, 2.05) is 53.4 Å². The van der Waals surface area contributed by atoms with E-state index in [1.165, 1.54) is 0 Å². The highest BCUT2D eigenvalue weighted by Crippen LogP contribution is 2.20. The van der Waals surface area contributed by atoms with Crippen molar-refractivity contribution in [2.75, 3.05) is 38.2 Å². The average molecular weight is 360 g/mol. The molecule has 0 bridgehead atoms. The van der Waals surface area contributed by atoms with Gasteiger partial charge in [-0.25, -0.2) is 4.79 Å². The summed E-state index contributed by atoms with van der Waals surface area (Å²) in [6, 6.07) is 15.5. The molecule has 2 aromatic rings. The van der Waals surface area contributed by atoms with Crippen molar-refractivity contribution in [1.29, 1.82) is 0 Å². The van der Waals surface area contributed by atoms with E-state index in [4.69, 9.17) is 16.3 Å². The lowest BCUT2D eigenvalue weighted by atomic mass is 10.2. The number of nitrogens with zero attached hydrogens (tertiary/aromatic N) is 2. The van der Waals surface area contributed by atoms with Gasteiger partial charge in [0.2, 0.25) is 0 Å². The molecule has 1 aliphatic heterocycles. The van der Waals surface area contributed by atoms with E-state index in [9.17, 15) is 4.79 Å². The molecule has 0 aliphatic carbocycles. The molecule has 0 unspecified atom stereocenters. The summed E-state index contributed by atoms with van der Waals surface area (Å²) in [6.45, 7) is 3.47. The Bertz CT molecular complexity index is 713. The number of amides is 2.